The number of anilines is 2. The molecule has 0 aliphatic carbocycles. The molecule has 0 bridgehead atoms. The third kappa shape index (κ3) is 4.76. The Morgan fingerprint density at radius 3 is 2.21 bits per heavy atom. The summed E-state index contributed by atoms with van der Waals surface area (Å²) in [6, 6.07) is 23.7. The second-order valence-corrected chi connectivity index (χ2v) is 6.38. The minimum Gasteiger partial charge on any atom is -0.484 e. The Morgan fingerprint density at radius 2 is 1.54 bits per heavy atom. The Morgan fingerprint density at radius 1 is 0.893 bits per heavy atom. The van der Waals surface area contributed by atoms with Crippen molar-refractivity contribution < 1.29 is 14.3 Å². The molecule has 5 nitrogen and oxygen atoms in total. The average molecular weight is 374 g/mol. The Kier molecular flexibility index (Phi) is 6.07. The standard InChI is InChI=1S/C23H22N2O3/c1-17-8-6-7-11-21(17)24-22(26)16-28-20-14-12-19(13-15-20)25(2)23(27)18-9-4-3-5-10-18/h3-15H,16H2,1-2H3,(H,24,26). The molecule has 0 radical (unpaired) electrons. The molecule has 3 aromatic rings. The monoisotopic (exact) mass is 374 g/mol. The van der Waals surface area contributed by atoms with Gasteiger partial charge in [0.25, 0.3) is 11.8 Å². The fourth-order valence-corrected chi connectivity index (χ4v) is 2.71. The number of para-hydroxylation sites is 1. The first-order chi connectivity index (χ1) is 13.5. The first-order valence-electron chi connectivity index (χ1n) is 8.96. The summed E-state index contributed by atoms with van der Waals surface area (Å²) in [5.74, 6) is 0.242. The van der Waals surface area contributed by atoms with Crippen LogP contribution in [0.2, 0.25) is 0 Å². The topological polar surface area (TPSA) is 58.6 Å². The van der Waals surface area contributed by atoms with Crippen LogP contribution in [-0.2, 0) is 4.79 Å². The van der Waals surface area contributed by atoms with Crippen LogP contribution in [0.1, 0.15) is 15.9 Å². The molecule has 0 fully saturated rings. The highest BCUT2D eigenvalue weighted by Crippen LogP contribution is 2.20. The van der Waals surface area contributed by atoms with Crippen molar-refractivity contribution in [2.75, 3.05) is 23.9 Å². The number of carbonyl (C=O) groups is 2. The van der Waals surface area contributed by atoms with Gasteiger partial charge < -0.3 is 15.0 Å². The maximum Gasteiger partial charge on any atom is 0.262 e. The summed E-state index contributed by atoms with van der Waals surface area (Å²) in [7, 11) is 1.72. The Hall–Kier alpha value is -3.60. The molecule has 0 aliphatic rings. The number of nitrogens with one attached hydrogen (secondary N) is 1. The van der Waals surface area contributed by atoms with Crippen LogP contribution in [0.4, 0.5) is 11.4 Å². The van der Waals surface area contributed by atoms with E-state index in [9.17, 15) is 9.59 Å². The Bertz CT molecular complexity index is 953. The van der Waals surface area contributed by atoms with Crippen molar-refractivity contribution >= 4 is 23.2 Å². The molecule has 0 aromatic heterocycles. The number of aryl methyl sites for hydroxylation is 1. The van der Waals surface area contributed by atoms with Gasteiger partial charge in [-0.25, -0.2) is 0 Å². The number of ether oxygens (including phenoxy) is 1. The lowest BCUT2D eigenvalue weighted by Gasteiger charge is -2.18. The van der Waals surface area contributed by atoms with Crippen LogP contribution in [-0.4, -0.2) is 25.5 Å². The molecule has 3 aromatic carbocycles. The van der Waals surface area contributed by atoms with Crippen molar-refractivity contribution in [3.8, 4) is 5.75 Å². The largest absolute Gasteiger partial charge is 0.484 e. The van der Waals surface area contributed by atoms with E-state index in [1.807, 2.05) is 49.4 Å². The second-order valence-electron chi connectivity index (χ2n) is 6.38. The smallest absolute Gasteiger partial charge is 0.262 e. The fraction of sp³-hybridized carbons (Fsp3) is 0.130. The molecule has 3 rings (SSSR count). The van der Waals surface area contributed by atoms with Gasteiger partial charge in [0.1, 0.15) is 5.75 Å². The van der Waals surface area contributed by atoms with Crippen LogP contribution in [0, 0.1) is 6.92 Å². The van der Waals surface area contributed by atoms with Gasteiger partial charge in [-0.2, -0.15) is 0 Å². The van der Waals surface area contributed by atoms with E-state index in [0.717, 1.165) is 16.9 Å². The maximum atomic E-state index is 12.5. The van der Waals surface area contributed by atoms with E-state index in [0.29, 0.717) is 11.3 Å². The van der Waals surface area contributed by atoms with Crippen LogP contribution in [0.15, 0.2) is 78.9 Å². The van der Waals surface area contributed by atoms with Gasteiger partial charge >= 0.3 is 0 Å². The molecule has 5 heteroatoms. The van der Waals surface area contributed by atoms with Gasteiger partial charge in [0.15, 0.2) is 6.61 Å². The highest BCUT2D eigenvalue weighted by molar-refractivity contribution is 6.05. The Labute approximate surface area is 164 Å². The summed E-state index contributed by atoms with van der Waals surface area (Å²) in [6.45, 7) is 1.84. The van der Waals surface area contributed by atoms with E-state index in [-0.39, 0.29) is 18.4 Å². The van der Waals surface area contributed by atoms with E-state index in [4.69, 9.17) is 4.74 Å². The van der Waals surface area contributed by atoms with Gasteiger partial charge in [-0.3, -0.25) is 9.59 Å². The van der Waals surface area contributed by atoms with E-state index in [2.05, 4.69) is 5.32 Å². The first kappa shape index (κ1) is 19.2. The van der Waals surface area contributed by atoms with Crippen LogP contribution >= 0.6 is 0 Å². The molecule has 0 saturated carbocycles. The lowest BCUT2D eigenvalue weighted by molar-refractivity contribution is -0.118. The summed E-state index contributed by atoms with van der Waals surface area (Å²) in [5, 5.41) is 2.83. The number of carbonyl (C=O) groups excluding carboxylic acids is 2. The van der Waals surface area contributed by atoms with Gasteiger partial charge in [-0.1, -0.05) is 36.4 Å². The molecule has 1 N–H and O–H groups in total. The van der Waals surface area contributed by atoms with E-state index in [1.165, 1.54) is 0 Å². The summed E-state index contributed by atoms with van der Waals surface area (Å²) in [5.41, 5.74) is 3.13. The number of rotatable bonds is 6. The predicted molar refractivity (Wildman–Crippen MR) is 111 cm³/mol. The van der Waals surface area contributed by atoms with Crippen LogP contribution in [0.5, 0.6) is 5.75 Å². The minimum absolute atomic E-state index is 0.0908. The summed E-state index contributed by atoms with van der Waals surface area (Å²) < 4.78 is 5.54. The molecule has 0 aliphatic heterocycles. The van der Waals surface area contributed by atoms with E-state index < -0.39 is 0 Å². The number of amides is 2. The molecule has 2 amide bonds. The lowest BCUT2D eigenvalue weighted by Crippen LogP contribution is -2.26. The van der Waals surface area contributed by atoms with Crippen molar-refractivity contribution in [2.45, 2.75) is 6.92 Å². The summed E-state index contributed by atoms with van der Waals surface area (Å²) in [4.78, 5) is 26.1. The van der Waals surface area contributed by atoms with Crippen molar-refractivity contribution in [2.24, 2.45) is 0 Å². The molecule has 0 atom stereocenters. The fourth-order valence-electron chi connectivity index (χ4n) is 2.71. The third-order valence-corrected chi connectivity index (χ3v) is 4.34. The van der Waals surface area contributed by atoms with Gasteiger partial charge in [0.05, 0.1) is 0 Å². The number of nitrogens with zero attached hydrogens (tertiary/aromatic N) is 1. The molecule has 28 heavy (non-hydrogen) atoms. The van der Waals surface area contributed by atoms with Crippen LogP contribution in [0.3, 0.4) is 0 Å². The molecular formula is C23H22N2O3. The molecular weight excluding hydrogens is 352 g/mol. The average Bonchev–Trinajstić information content (AvgIpc) is 2.74. The van der Waals surface area contributed by atoms with E-state index in [1.54, 1.807) is 48.3 Å². The number of benzene rings is 3. The quantitative estimate of drug-likeness (QED) is 0.700. The summed E-state index contributed by atoms with van der Waals surface area (Å²) >= 11 is 0. The number of hydrogen-bond acceptors (Lipinski definition) is 3. The molecule has 0 saturated heterocycles. The molecule has 0 spiro atoms. The van der Waals surface area contributed by atoms with Gasteiger partial charge in [0.2, 0.25) is 0 Å². The lowest BCUT2D eigenvalue weighted by atomic mass is 10.2. The van der Waals surface area contributed by atoms with Crippen molar-refractivity contribution in [3.05, 3.63) is 90.0 Å². The van der Waals surface area contributed by atoms with Gasteiger partial charge in [-0.15, -0.1) is 0 Å². The third-order valence-electron chi connectivity index (χ3n) is 4.34. The summed E-state index contributed by atoms with van der Waals surface area (Å²) in [6.07, 6.45) is 0. The van der Waals surface area contributed by atoms with Crippen LogP contribution in [0.25, 0.3) is 0 Å². The van der Waals surface area contributed by atoms with E-state index >= 15 is 0 Å². The SMILES string of the molecule is Cc1ccccc1NC(=O)COc1ccc(N(C)C(=O)c2ccccc2)cc1. The first-order valence-corrected chi connectivity index (χ1v) is 8.96. The minimum atomic E-state index is -0.227. The zero-order chi connectivity index (χ0) is 19.9. The zero-order valence-corrected chi connectivity index (χ0v) is 15.9. The zero-order valence-electron chi connectivity index (χ0n) is 15.9. The maximum absolute atomic E-state index is 12.5. The Balaban J connectivity index is 1.56. The highest BCUT2D eigenvalue weighted by atomic mass is 16.5. The van der Waals surface area contributed by atoms with Gasteiger partial charge in [0, 0.05) is 24.0 Å². The molecule has 0 heterocycles. The van der Waals surface area contributed by atoms with Crippen molar-refractivity contribution in [3.63, 3.8) is 0 Å². The second kappa shape index (κ2) is 8.86. The van der Waals surface area contributed by atoms with Gasteiger partial charge in [-0.05, 0) is 55.0 Å². The molecule has 0 unspecified atom stereocenters. The highest BCUT2D eigenvalue weighted by Gasteiger charge is 2.13. The predicted octanol–water partition coefficient (Wildman–Crippen LogP) is 4.29. The van der Waals surface area contributed by atoms with Crippen molar-refractivity contribution in [1.82, 2.24) is 0 Å². The van der Waals surface area contributed by atoms with Crippen LogP contribution < -0.4 is 15.0 Å². The van der Waals surface area contributed by atoms with Crippen molar-refractivity contribution in [1.29, 1.82) is 0 Å². The molecule has 142 valence electrons. The normalized spacial score (nSPS) is 10.2. The number of hydrogen-bond donors (Lipinski definition) is 1.